The number of pyridine rings is 1. The van der Waals surface area contributed by atoms with Gasteiger partial charge in [-0.1, -0.05) is 59.4 Å². The maximum Gasteiger partial charge on any atom is 0.156 e. The Morgan fingerprint density at radius 3 is 1.41 bits per heavy atom. The van der Waals surface area contributed by atoms with E-state index < -0.39 is 0 Å². The zero-order chi connectivity index (χ0) is 22.8. The Morgan fingerprint density at radius 2 is 1.00 bits per heavy atom. The third-order valence-corrected chi connectivity index (χ3v) is 5.97. The summed E-state index contributed by atoms with van der Waals surface area (Å²) >= 11 is 0. The highest BCUT2D eigenvalue weighted by molar-refractivity contribution is 5.35. The van der Waals surface area contributed by atoms with Crippen molar-refractivity contribution in [1.29, 1.82) is 0 Å². The van der Waals surface area contributed by atoms with Crippen molar-refractivity contribution in [2.24, 2.45) is 0 Å². The lowest BCUT2D eigenvalue weighted by Crippen LogP contribution is -2.10. The molecule has 0 N–H and O–H groups in total. The Labute approximate surface area is 194 Å². The summed E-state index contributed by atoms with van der Waals surface area (Å²) < 4.78 is 4.13. The number of rotatable bonds is 14. The monoisotopic (exact) mass is 435 g/mol. The van der Waals surface area contributed by atoms with E-state index >= 15 is 0 Å². The van der Waals surface area contributed by atoms with Gasteiger partial charge in [0.1, 0.15) is 0 Å². The molecule has 0 aliphatic carbocycles. The van der Waals surface area contributed by atoms with Gasteiger partial charge < -0.3 is 0 Å². The molecule has 0 bridgehead atoms. The van der Waals surface area contributed by atoms with E-state index in [0.717, 1.165) is 37.3 Å². The number of hydrogen-bond acceptors (Lipinski definition) is 3. The predicted octanol–water partition coefficient (Wildman–Crippen LogP) is 6.82. The van der Waals surface area contributed by atoms with Crippen LogP contribution in [0.2, 0.25) is 0 Å². The molecule has 0 amide bonds. The van der Waals surface area contributed by atoms with Crippen molar-refractivity contribution in [1.82, 2.24) is 24.5 Å². The number of hydrogen-bond donors (Lipinski definition) is 0. The highest BCUT2D eigenvalue weighted by Gasteiger charge is 2.14. The number of unbranched alkanes of at least 4 members (excludes halogenated alkanes) is 4. The van der Waals surface area contributed by atoms with Crippen LogP contribution in [-0.4, -0.2) is 24.5 Å². The summed E-state index contributed by atoms with van der Waals surface area (Å²) in [5.41, 5.74) is 4.88. The van der Waals surface area contributed by atoms with Crippen LogP contribution in [0.5, 0.6) is 0 Å². The quantitative estimate of drug-likeness (QED) is 0.279. The van der Waals surface area contributed by atoms with Gasteiger partial charge in [-0.05, 0) is 75.6 Å². The largest absolute Gasteiger partial charge is 0.219 e. The predicted molar refractivity (Wildman–Crippen MR) is 133 cm³/mol. The average Bonchev–Trinajstić information content (AvgIpc) is 3.42. The van der Waals surface area contributed by atoms with Gasteiger partial charge in [0.15, 0.2) is 11.6 Å². The lowest BCUT2D eigenvalue weighted by atomic mass is 10.1. The first-order chi connectivity index (χ1) is 15.7. The molecule has 0 unspecified atom stereocenters. The summed E-state index contributed by atoms with van der Waals surface area (Å²) in [6, 6.07) is 10.8. The molecule has 0 aromatic carbocycles. The van der Waals surface area contributed by atoms with Crippen molar-refractivity contribution in [2.75, 3.05) is 0 Å². The molecule has 3 aromatic rings. The van der Waals surface area contributed by atoms with Crippen LogP contribution < -0.4 is 0 Å². The fourth-order valence-corrected chi connectivity index (χ4v) is 4.03. The third kappa shape index (κ3) is 6.30. The van der Waals surface area contributed by atoms with Gasteiger partial charge in [-0.3, -0.25) is 0 Å². The highest BCUT2D eigenvalue weighted by atomic mass is 15.4. The first kappa shape index (κ1) is 24.2. The minimum Gasteiger partial charge on any atom is -0.219 e. The topological polar surface area (TPSA) is 48.5 Å². The fraction of sp³-hybridized carbons (Fsp3) is 0.593. The summed E-state index contributed by atoms with van der Waals surface area (Å²) in [7, 11) is 0. The minimum atomic E-state index is 0.892. The van der Waals surface area contributed by atoms with Crippen LogP contribution in [0.4, 0.5) is 0 Å². The van der Waals surface area contributed by atoms with Gasteiger partial charge >= 0.3 is 0 Å². The van der Waals surface area contributed by atoms with E-state index in [1.165, 1.54) is 74.1 Å². The maximum absolute atomic E-state index is 5.04. The molecule has 3 aromatic heterocycles. The molecule has 0 saturated heterocycles. The van der Waals surface area contributed by atoms with Crippen molar-refractivity contribution in [3.8, 4) is 11.6 Å². The van der Waals surface area contributed by atoms with Crippen molar-refractivity contribution in [3.05, 3.63) is 53.1 Å². The molecule has 0 radical (unpaired) electrons. The zero-order valence-corrected chi connectivity index (χ0v) is 20.6. The maximum atomic E-state index is 5.04. The Bertz CT molecular complexity index is 879. The summed E-state index contributed by atoms with van der Waals surface area (Å²) in [5, 5.41) is 9.90. The van der Waals surface area contributed by atoms with E-state index in [0.29, 0.717) is 0 Å². The Hall–Kier alpha value is -2.43. The summed E-state index contributed by atoms with van der Waals surface area (Å²) in [6.45, 7) is 8.94. The Balaban J connectivity index is 1.96. The van der Waals surface area contributed by atoms with Gasteiger partial charge in [0.2, 0.25) is 0 Å². The molecule has 0 aliphatic rings. The second-order valence-corrected chi connectivity index (χ2v) is 8.85. The number of aromatic nitrogens is 5. The normalized spacial score (nSPS) is 11.4. The second-order valence-electron chi connectivity index (χ2n) is 8.85. The molecule has 0 saturated carbocycles. The average molecular weight is 436 g/mol. The van der Waals surface area contributed by atoms with Crippen LogP contribution in [0.15, 0.2) is 30.3 Å². The van der Waals surface area contributed by atoms with Gasteiger partial charge in [0.05, 0.1) is 11.4 Å². The van der Waals surface area contributed by atoms with Crippen LogP contribution in [-0.2, 0) is 25.7 Å². The highest BCUT2D eigenvalue weighted by Crippen LogP contribution is 2.19. The molecule has 3 heterocycles. The lowest BCUT2D eigenvalue weighted by molar-refractivity contribution is 0.687. The van der Waals surface area contributed by atoms with E-state index in [2.05, 4.69) is 67.4 Å². The van der Waals surface area contributed by atoms with Gasteiger partial charge in [0, 0.05) is 11.4 Å². The van der Waals surface area contributed by atoms with Crippen molar-refractivity contribution in [2.45, 2.75) is 105 Å². The molecule has 0 fully saturated rings. The zero-order valence-electron chi connectivity index (χ0n) is 20.6. The molecular weight excluding hydrogens is 394 g/mol. The molecule has 0 aliphatic heterocycles. The molecule has 0 atom stereocenters. The van der Waals surface area contributed by atoms with Crippen LogP contribution in [0.25, 0.3) is 11.6 Å². The van der Waals surface area contributed by atoms with E-state index in [4.69, 9.17) is 15.2 Å². The van der Waals surface area contributed by atoms with E-state index in [9.17, 15) is 0 Å². The second kappa shape index (κ2) is 12.6. The Kier molecular flexibility index (Phi) is 9.51. The van der Waals surface area contributed by atoms with Gasteiger partial charge in [-0.15, -0.1) is 0 Å². The van der Waals surface area contributed by atoms with Crippen molar-refractivity contribution >= 4 is 0 Å². The molecule has 32 heavy (non-hydrogen) atoms. The molecule has 174 valence electrons. The van der Waals surface area contributed by atoms with E-state index in [-0.39, 0.29) is 0 Å². The Morgan fingerprint density at radius 1 is 0.594 bits per heavy atom. The van der Waals surface area contributed by atoms with E-state index in [1.54, 1.807) is 0 Å². The summed E-state index contributed by atoms with van der Waals surface area (Å²) in [5.74, 6) is 1.78. The van der Waals surface area contributed by atoms with Gasteiger partial charge in [-0.25, -0.2) is 14.3 Å². The van der Waals surface area contributed by atoms with Crippen molar-refractivity contribution < 1.29 is 0 Å². The molecule has 5 nitrogen and oxygen atoms in total. The van der Waals surface area contributed by atoms with Gasteiger partial charge in [0.25, 0.3) is 0 Å². The molecule has 0 spiro atoms. The standard InChI is InChI=1S/C27H41N5/c1-5-9-14-22-20-24(16-11-7-3)31(29-22)26-18-13-19-27(28-26)32-25(17-12-8-4)21-23(30-32)15-10-6-2/h13,18-21H,5-12,14-17H2,1-4H3. The number of aryl methyl sites for hydroxylation is 4. The van der Waals surface area contributed by atoms with Gasteiger partial charge in [-0.2, -0.15) is 10.2 Å². The van der Waals surface area contributed by atoms with Crippen molar-refractivity contribution in [3.63, 3.8) is 0 Å². The summed E-state index contributed by atoms with van der Waals surface area (Å²) in [6.07, 6.45) is 13.5. The molecule has 5 heteroatoms. The first-order valence-electron chi connectivity index (χ1n) is 12.8. The molecule has 3 rings (SSSR count). The molecular formula is C27H41N5. The number of nitrogens with zero attached hydrogens (tertiary/aromatic N) is 5. The SMILES string of the molecule is CCCCc1cc(CCCC)n(-c2cccc(-n3nc(CCCC)cc3CCCC)n2)n1. The fourth-order valence-electron chi connectivity index (χ4n) is 4.03. The van der Waals surface area contributed by atoms with E-state index in [1.807, 2.05) is 0 Å². The minimum absolute atomic E-state index is 0.892. The van der Waals surface area contributed by atoms with Crippen LogP contribution in [0.3, 0.4) is 0 Å². The van der Waals surface area contributed by atoms with Crippen LogP contribution in [0.1, 0.15) is 102 Å². The van der Waals surface area contributed by atoms with Crippen LogP contribution >= 0.6 is 0 Å². The summed E-state index contributed by atoms with van der Waals surface area (Å²) in [4.78, 5) is 5.04. The third-order valence-electron chi connectivity index (χ3n) is 5.97. The lowest BCUT2D eigenvalue weighted by Gasteiger charge is -2.10. The van der Waals surface area contributed by atoms with Crippen LogP contribution in [0, 0.1) is 0 Å². The smallest absolute Gasteiger partial charge is 0.156 e. The first-order valence-corrected chi connectivity index (χ1v) is 12.8.